The van der Waals surface area contributed by atoms with Crippen LogP contribution in [0.5, 0.6) is 5.75 Å². The molecule has 0 aliphatic heterocycles. The van der Waals surface area contributed by atoms with Crippen molar-refractivity contribution in [3.8, 4) is 17.0 Å². The van der Waals surface area contributed by atoms with E-state index in [-0.39, 0.29) is 29.5 Å². The number of amides is 1. The Morgan fingerprint density at radius 2 is 2.00 bits per heavy atom. The number of phenolic OH excluding ortho intramolecular Hbond substituents is 1. The molecule has 0 aliphatic carbocycles. The van der Waals surface area contributed by atoms with E-state index in [1.54, 1.807) is 30.5 Å². The first-order valence-corrected chi connectivity index (χ1v) is 9.17. The number of fused-ring (bicyclic) bond motifs is 1. The van der Waals surface area contributed by atoms with Crippen LogP contribution in [0.15, 0.2) is 53.5 Å². The predicted molar refractivity (Wildman–Crippen MR) is 111 cm³/mol. The molecule has 0 spiro atoms. The van der Waals surface area contributed by atoms with E-state index >= 15 is 0 Å². The van der Waals surface area contributed by atoms with Crippen LogP contribution in [0.3, 0.4) is 0 Å². The fraction of sp³-hybridized carbons (Fsp3) is 0.136. The molecule has 0 atom stereocenters. The number of benzene rings is 1. The first kappa shape index (κ1) is 18.5. The summed E-state index contributed by atoms with van der Waals surface area (Å²) in [6.07, 6.45) is 1.74. The van der Waals surface area contributed by atoms with Crippen molar-refractivity contribution >= 4 is 16.8 Å². The molecule has 0 saturated heterocycles. The topological polar surface area (TPSA) is 111 Å². The number of carbonyl (C=O) groups is 1. The maximum Gasteiger partial charge on any atom is 0.270 e. The summed E-state index contributed by atoms with van der Waals surface area (Å²) in [6.45, 7) is 3.76. The first-order valence-electron chi connectivity index (χ1n) is 9.17. The molecule has 0 radical (unpaired) electrons. The zero-order valence-electron chi connectivity index (χ0n) is 16.0. The van der Waals surface area contributed by atoms with E-state index in [9.17, 15) is 14.7 Å². The van der Waals surface area contributed by atoms with Gasteiger partial charge in [-0.15, -0.1) is 0 Å². The molecule has 0 fully saturated rings. The molecule has 29 heavy (non-hydrogen) atoms. The highest BCUT2D eigenvalue weighted by Crippen LogP contribution is 2.26. The van der Waals surface area contributed by atoms with Gasteiger partial charge in [-0.3, -0.25) is 9.59 Å². The lowest BCUT2D eigenvalue weighted by Crippen LogP contribution is -2.28. The maximum atomic E-state index is 12.9. The van der Waals surface area contributed by atoms with E-state index in [2.05, 4.69) is 20.3 Å². The van der Waals surface area contributed by atoms with E-state index in [0.29, 0.717) is 22.2 Å². The third kappa shape index (κ3) is 3.62. The molecule has 0 saturated carbocycles. The number of aromatic hydroxyl groups is 1. The summed E-state index contributed by atoms with van der Waals surface area (Å²) in [5.41, 5.74) is 4.16. The molecular formula is C22H20N4O3. The molecule has 0 unspecified atom stereocenters. The summed E-state index contributed by atoms with van der Waals surface area (Å²) < 4.78 is 0. The van der Waals surface area contributed by atoms with Crippen LogP contribution in [0.1, 0.15) is 27.3 Å². The van der Waals surface area contributed by atoms with Gasteiger partial charge in [0.1, 0.15) is 11.4 Å². The van der Waals surface area contributed by atoms with Gasteiger partial charge in [0.2, 0.25) is 0 Å². The summed E-state index contributed by atoms with van der Waals surface area (Å²) in [5, 5.41) is 13.2. The fourth-order valence-corrected chi connectivity index (χ4v) is 3.40. The number of pyridine rings is 2. The zero-order valence-corrected chi connectivity index (χ0v) is 16.0. The van der Waals surface area contributed by atoms with Crippen molar-refractivity contribution < 1.29 is 9.90 Å². The summed E-state index contributed by atoms with van der Waals surface area (Å²) in [6, 6.07) is 12.2. The molecule has 4 rings (SSSR count). The Balaban J connectivity index is 1.69. The third-order valence-corrected chi connectivity index (χ3v) is 4.82. The molecule has 1 aromatic carbocycles. The smallest absolute Gasteiger partial charge is 0.270 e. The Kier molecular flexibility index (Phi) is 4.64. The summed E-state index contributed by atoms with van der Waals surface area (Å²) in [7, 11) is 0. The van der Waals surface area contributed by atoms with Gasteiger partial charge in [-0.2, -0.15) is 0 Å². The predicted octanol–water partition coefficient (Wildman–Crippen LogP) is 3.17. The van der Waals surface area contributed by atoms with E-state index in [4.69, 9.17) is 0 Å². The molecule has 0 aliphatic rings. The molecule has 4 N–H and O–H groups in total. The fourth-order valence-electron chi connectivity index (χ4n) is 3.40. The monoisotopic (exact) mass is 388 g/mol. The van der Waals surface area contributed by atoms with Crippen LogP contribution < -0.4 is 10.9 Å². The Bertz CT molecular complexity index is 1290. The van der Waals surface area contributed by atoms with Gasteiger partial charge < -0.3 is 20.4 Å². The minimum absolute atomic E-state index is 0.101. The SMILES string of the molecule is Cc1cc(C)c(CNC(=O)c2nc(-c3cccc(O)c3)cc3[nH]ccc23)c(=O)[nH]1. The molecule has 0 bridgehead atoms. The van der Waals surface area contributed by atoms with Crippen molar-refractivity contribution in [1.29, 1.82) is 0 Å². The van der Waals surface area contributed by atoms with Crippen molar-refractivity contribution in [2.45, 2.75) is 20.4 Å². The van der Waals surface area contributed by atoms with Crippen LogP contribution in [-0.2, 0) is 6.54 Å². The van der Waals surface area contributed by atoms with Crippen LogP contribution in [-0.4, -0.2) is 26.0 Å². The van der Waals surface area contributed by atoms with Gasteiger partial charge in [-0.1, -0.05) is 12.1 Å². The number of aromatic nitrogens is 3. The lowest BCUT2D eigenvalue weighted by molar-refractivity contribution is 0.0947. The number of hydrogen-bond donors (Lipinski definition) is 4. The largest absolute Gasteiger partial charge is 0.508 e. The molecule has 4 aromatic rings. The van der Waals surface area contributed by atoms with Crippen molar-refractivity contribution in [2.75, 3.05) is 0 Å². The van der Waals surface area contributed by atoms with E-state index in [0.717, 1.165) is 16.8 Å². The van der Waals surface area contributed by atoms with Gasteiger partial charge in [0.15, 0.2) is 0 Å². The number of rotatable bonds is 4. The summed E-state index contributed by atoms with van der Waals surface area (Å²) >= 11 is 0. The third-order valence-electron chi connectivity index (χ3n) is 4.82. The van der Waals surface area contributed by atoms with Crippen LogP contribution in [0.25, 0.3) is 22.2 Å². The number of phenols is 1. The van der Waals surface area contributed by atoms with Gasteiger partial charge >= 0.3 is 0 Å². The number of aryl methyl sites for hydroxylation is 2. The van der Waals surface area contributed by atoms with Crippen molar-refractivity contribution in [2.24, 2.45) is 0 Å². The quantitative estimate of drug-likeness (QED) is 0.430. The van der Waals surface area contributed by atoms with Gasteiger partial charge in [-0.05, 0) is 49.7 Å². The average Bonchev–Trinajstić information content (AvgIpc) is 3.14. The molecule has 146 valence electrons. The molecule has 1 amide bonds. The average molecular weight is 388 g/mol. The molecular weight excluding hydrogens is 368 g/mol. The highest BCUT2D eigenvalue weighted by Gasteiger charge is 2.16. The van der Waals surface area contributed by atoms with Crippen molar-refractivity contribution in [3.63, 3.8) is 0 Å². The van der Waals surface area contributed by atoms with Gasteiger partial charge in [0, 0.05) is 40.5 Å². The lowest BCUT2D eigenvalue weighted by atomic mass is 10.1. The Hall–Kier alpha value is -3.87. The number of H-pyrrole nitrogens is 2. The van der Waals surface area contributed by atoms with Gasteiger partial charge in [0.25, 0.3) is 11.5 Å². The normalized spacial score (nSPS) is 11.0. The van der Waals surface area contributed by atoms with Gasteiger partial charge in [-0.25, -0.2) is 4.98 Å². The van der Waals surface area contributed by atoms with E-state index < -0.39 is 0 Å². The van der Waals surface area contributed by atoms with Crippen LogP contribution >= 0.6 is 0 Å². The lowest BCUT2D eigenvalue weighted by Gasteiger charge is -2.10. The van der Waals surface area contributed by atoms with E-state index in [1.807, 2.05) is 32.0 Å². The number of carbonyl (C=O) groups excluding carboxylic acids is 1. The second-order valence-corrected chi connectivity index (χ2v) is 6.97. The molecule has 3 heterocycles. The minimum atomic E-state index is -0.379. The molecule has 7 nitrogen and oxygen atoms in total. The van der Waals surface area contributed by atoms with Crippen LogP contribution in [0, 0.1) is 13.8 Å². The molecule has 7 heteroatoms. The summed E-state index contributed by atoms with van der Waals surface area (Å²) in [4.78, 5) is 35.5. The highest BCUT2D eigenvalue weighted by molar-refractivity contribution is 6.05. The second-order valence-electron chi connectivity index (χ2n) is 6.97. The van der Waals surface area contributed by atoms with Crippen LogP contribution in [0.4, 0.5) is 0 Å². The second kappa shape index (κ2) is 7.27. The highest BCUT2D eigenvalue weighted by atomic mass is 16.3. The Morgan fingerprint density at radius 3 is 2.76 bits per heavy atom. The minimum Gasteiger partial charge on any atom is -0.508 e. The number of aromatic amines is 2. The summed E-state index contributed by atoms with van der Waals surface area (Å²) in [5.74, 6) is -0.257. The molecule has 3 aromatic heterocycles. The number of nitrogens with one attached hydrogen (secondary N) is 3. The van der Waals surface area contributed by atoms with E-state index in [1.165, 1.54) is 0 Å². The van der Waals surface area contributed by atoms with Gasteiger partial charge in [0.05, 0.1) is 5.69 Å². The number of hydrogen-bond acceptors (Lipinski definition) is 4. The van der Waals surface area contributed by atoms with Crippen molar-refractivity contribution in [1.82, 2.24) is 20.3 Å². The first-order chi connectivity index (χ1) is 13.9. The van der Waals surface area contributed by atoms with Crippen molar-refractivity contribution in [3.05, 3.63) is 81.5 Å². The standard InChI is InChI=1S/C22H20N4O3/c1-12-8-13(2)25-21(28)17(12)11-24-22(29)20-16-6-7-23-19(16)10-18(26-20)14-4-3-5-15(27)9-14/h3-10,23,27H,11H2,1-2H3,(H,24,29)(H,25,28). The zero-order chi connectivity index (χ0) is 20.5. The van der Waals surface area contributed by atoms with Crippen LogP contribution in [0.2, 0.25) is 0 Å². The Morgan fingerprint density at radius 1 is 1.17 bits per heavy atom. The Labute approximate surface area is 166 Å². The number of nitrogens with zero attached hydrogens (tertiary/aromatic N) is 1. The maximum absolute atomic E-state index is 12.9.